The molecule has 4 rings (SSSR count). The largest absolute Gasteiger partial charge is 0.342 e. The summed E-state index contributed by atoms with van der Waals surface area (Å²) in [5.41, 5.74) is 2.65. The summed E-state index contributed by atoms with van der Waals surface area (Å²) in [4.78, 5) is 36.5. The van der Waals surface area contributed by atoms with Crippen LogP contribution in [0.15, 0.2) is 30.5 Å². The number of hydrogen-bond acceptors (Lipinski definition) is 4. The number of aromatic nitrogens is 2. The molecule has 7 nitrogen and oxygen atoms in total. The van der Waals surface area contributed by atoms with Crippen molar-refractivity contribution in [3.8, 4) is 5.82 Å². The van der Waals surface area contributed by atoms with Gasteiger partial charge in [-0.25, -0.2) is 4.98 Å². The molecule has 2 saturated heterocycles. The Bertz CT molecular complexity index is 908. The van der Waals surface area contributed by atoms with Crippen molar-refractivity contribution >= 4 is 11.8 Å². The van der Waals surface area contributed by atoms with Gasteiger partial charge in [0.25, 0.3) is 5.91 Å². The molecule has 2 amide bonds. The molecule has 0 aliphatic carbocycles. The third-order valence-electron chi connectivity index (χ3n) is 6.52. The maximum atomic E-state index is 13.2. The Hall–Kier alpha value is -2.67. The van der Waals surface area contributed by atoms with Crippen LogP contribution < -0.4 is 0 Å². The van der Waals surface area contributed by atoms with Crippen LogP contribution in [-0.4, -0.2) is 81.9 Å². The zero-order valence-corrected chi connectivity index (χ0v) is 18.7. The lowest BCUT2D eigenvalue weighted by atomic mass is 10.2. The fourth-order valence-electron chi connectivity index (χ4n) is 4.71. The molecule has 166 valence electrons. The molecule has 2 aliphatic rings. The first-order valence-corrected chi connectivity index (χ1v) is 11.4. The number of amides is 2. The number of carbonyl (C=O) groups excluding carboxylic acids is 2. The second kappa shape index (κ2) is 9.64. The van der Waals surface area contributed by atoms with Crippen molar-refractivity contribution in [3.05, 3.63) is 47.4 Å². The van der Waals surface area contributed by atoms with Crippen LogP contribution in [0.25, 0.3) is 5.82 Å². The standard InChI is InChI=1S/C24H33N5O2/c1-19-17-21(20(2)29(19)22-9-5-6-10-25-22)24(31)28-15-13-26(14-16-28)18-23(30)27-11-7-3-4-8-12-27/h5-6,9-10,17H,3-4,7-8,11-16,18H2,1-2H3. The van der Waals surface area contributed by atoms with Crippen LogP contribution in [0.2, 0.25) is 0 Å². The minimum atomic E-state index is 0.0637. The molecule has 0 unspecified atom stereocenters. The lowest BCUT2D eigenvalue weighted by Gasteiger charge is -2.35. The van der Waals surface area contributed by atoms with Gasteiger partial charge < -0.3 is 14.4 Å². The molecule has 4 heterocycles. The lowest BCUT2D eigenvalue weighted by Crippen LogP contribution is -2.51. The molecule has 0 bridgehead atoms. The molecule has 2 fully saturated rings. The predicted octanol–water partition coefficient (Wildman–Crippen LogP) is 2.65. The highest BCUT2D eigenvalue weighted by atomic mass is 16.2. The Morgan fingerprint density at radius 1 is 0.903 bits per heavy atom. The fourth-order valence-corrected chi connectivity index (χ4v) is 4.71. The van der Waals surface area contributed by atoms with Crippen LogP contribution in [0.4, 0.5) is 0 Å². The van der Waals surface area contributed by atoms with Gasteiger partial charge in [-0.15, -0.1) is 0 Å². The second-order valence-electron chi connectivity index (χ2n) is 8.67. The van der Waals surface area contributed by atoms with E-state index in [1.807, 2.05) is 52.5 Å². The first kappa shape index (κ1) is 21.6. The molecule has 0 saturated carbocycles. The van der Waals surface area contributed by atoms with Gasteiger partial charge in [-0.1, -0.05) is 18.9 Å². The number of carbonyl (C=O) groups is 2. The van der Waals surface area contributed by atoms with E-state index in [0.29, 0.717) is 19.6 Å². The molecular weight excluding hydrogens is 390 g/mol. The zero-order valence-electron chi connectivity index (χ0n) is 18.7. The Morgan fingerprint density at radius 2 is 1.61 bits per heavy atom. The first-order valence-electron chi connectivity index (χ1n) is 11.4. The number of aryl methyl sites for hydroxylation is 1. The van der Waals surface area contributed by atoms with Crippen LogP contribution in [0.1, 0.15) is 47.4 Å². The van der Waals surface area contributed by atoms with Gasteiger partial charge in [-0.2, -0.15) is 0 Å². The van der Waals surface area contributed by atoms with E-state index in [9.17, 15) is 9.59 Å². The van der Waals surface area contributed by atoms with Crippen LogP contribution >= 0.6 is 0 Å². The van der Waals surface area contributed by atoms with Crippen molar-refractivity contribution in [2.24, 2.45) is 0 Å². The highest BCUT2D eigenvalue weighted by Crippen LogP contribution is 2.21. The normalized spacial score (nSPS) is 18.1. The van der Waals surface area contributed by atoms with E-state index in [0.717, 1.165) is 61.8 Å². The van der Waals surface area contributed by atoms with Crippen molar-refractivity contribution in [2.45, 2.75) is 39.5 Å². The summed E-state index contributed by atoms with van der Waals surface area (Å²) in [6, 6.07) is 7.76. The number of hydrogen-bond donors (Lipinski definition) is 0. The number of nitrogens with zero attached hydrogens (tertiary/aromatic N) is 5. The van der Waals surface area contributed by atoms with Gasteiger partial charge in [-0.3, -0.25) is 14.5 Å². The second-order valence-corrected chi connectivity index (χ2v) is 8.67. The topological polar surface area (TPSA) is 61.7 Å². The Labute approximate surface area is 184 Å². The molecule has 2 aromatic heterocycles. The Kier molecular flexibility index (Phi) is 6.70. The van der Waals surface area contributed by atoms with Crippen molar-refractivity contribution < 1.29 is 9.59 Å². The molecule has 0 aromatic carbocycles. The highest BCUT2D eigenvalue weighted by molar-refractivity contribution is 5.96. The monoisotopic (exact) mass is 423 g/mol. The minimum Gasteiger partial charge on any atom is -0.342 e. The summed E-state index contributed by atoms with van der Waals surface area (Å²) >= 11 is 0. The summed E-state index contributed by atoms with van der Waals surface area (Å²) in [5.74, 6) is 1.13. The molecule has 0 radical (unpaired) electrons. The van der Waals surface area contributed by atoms with Gasteiger partial charge in [0.2, 0.25) is 5.91 Å². The number of rotatable bonds is 4. The van der Waals surface area contributed by atoms with E-state index in [2.05, 4.69) is 9.88 Å². The third kappa shape index (κ3) is 4.82. The van der Waals surface area contributed by atoms with E-state index < -0.39 is 0 Å². The molecule has 0 spiro atoms. The van der Waals surface area contributed by atoms with Gasteiger partial charge in [-0.05, 0) is 44.9 Å². The van der Waals surface area contributed by atoms with Gasteiger partial charge >= 0.3 is 0 Å². The average Bonchev–Trinajstić information content (AvgIpc) is 2.96. The Balaban J connectivity index is 1.36. The van der Waals surface area contributed by atoms with E-state index in [4.69, 9.17) is 0 Å². The van der Waals surface area contributed by atoms with Crippen molar-refractivity contribution in [1.82, 2.24) is 24.3 Å². The van der Waals surface area contributed by atoms with Crippen molar-refractivity contribution in [1.29, 1.82) is 0 Å². The summed E-state index contributed by atoms with van der Waals surface area (Å²) in [6.45, 7) is 9.02. The van der Waals surface area contributed by atoms with Crippen molar-refractivity contribution in [2.75, 3.05) is 45.8 Å². The summed E-state index contributed by atoms with van der Waals surface area (Å²) in [5, 5.41) is 0. The third-order valence-corrected chi connectivity index (χ3v) is 6.52. The SMILES string of the molecule is Cc1cc(C(=O)N2CCN(CC(=O)N3CCCCCC3)CC2)c(C)n1-c1ccccn1. The van der Waals surface area contributed by atoms with E-state index in [1.165, 1.54) is 12.8 Å². The summed E-state index contributed by atoms with van der Waals surface area (Å²) in [6.07, 6.45) is 6.45. The van der Waals surface area contributed by atoms with Crippen LogP contribution in [0, 0.1) is 13.8 Å². The average molecular weight is 424 g/mol. The van der Waals surface area contributed by atoms with Crippen LogP contribution in [-0.2, 0) is 4.79 Å². The van der Waals surface area contributed by atoms with Gasteiger partial charge in [0.05, 0.1) is 12.1 Å². The quantitative estimate of drug-likeness (QED) is 0.759. The Morgan fingerprint density at radius 3 is 2.26 bits per heavy atom. The van der Waals surface area contributed by atoms with E-state index in [-0.39, 0.29) is 11.8 Å². The summed E-state index contributed by atoms with van der Waals surface area (Å²) < 4.78 is 2.03. The predicted molar refractivity (Wildman–Crippen MR) is 120 cm³/mol. The number of piperazine rings is 1. The molecular formula is C24H33N5O2. The van der Waals surface area contributed by atoms with E-state index in [1.54, 1.807) is 6.20 Å². The van der Waals surface area contributed by atoms with Gasteiger partial charge in [0.15, 0.2) is 0 Å². The van der Waals surface area contributed by atoms with Crippen LogP contribution in [0.3, 0.4) is 0 Å². The molecule has 0 atom stereocenters. The van der Waals surface area contributed by atoms with Crippen molar-refractivity contribution in [3.63, 3.8) is 0 Å². The molecule has 0 N–H and O–H groups in total. The molecule has 31 heavy (non-hydrogen) atoms. The molecule has 2 aromatic rings. The summed E-state index contributed by atoms with van der Waals surface area (Å²) in [7, 11) is 0. The maximum Gasteiger partial charge on any atom is 0.255 e. The fraction of sp³-hybridized carbons (Fsp3) is 0.542. The van der Waals surface area contributed by atoms with E-state index >= 15 is 0 Å². The number of likely N-dealkylation sites (tertiary alicyclic amines) is 1. The lowest BCUT2D eigenvalue weighted by molar-refractivity contribution is -0.132. The minimum absolute atomic E-state index is 0.0637. The molecule has 7 heteroatoms. The van der Waals surface area contributed by atoms with Gasteiger partial charge in [0.1, 0.15) is 5.82 Å². The maximum absolute atomic E-state index is 13.2. The zero-order chi connectivity index (χ0) is 21.8. The first-order chi connectivity index (χ1) is 15.0. The smallest absolute Gasteiger partial charge is 0.255 e. The molecule has 2 aliphatic heterocycles. The van der Waals surface area contributed by atoms with Gasteiger partial charge in [0, 0.05) is 56.9 Å². The van der Waals surface area contributed by atoms with Crippen LogP contribution in [0.5, 0.6) is 0 Å². The highest BCUT2D eigenvalue weighted by Gasteiger charge is 2.27. The number of pyridine rings is 1.